The molecule has 0 spiro atoms. The number of hydrogen-bond acceptors (Lipinski definition) is 6. The van der Waals surface area contributed by atoms with E-state index in [1.54, 1.807) is 12.5 Å². The minimum absolute atomic E-state index is 0.367. The summed E-state index contributed by atoms with van der Waals surface area (Å²) in [4.78, 5) is 20.1. The van der Waals surface area contributed by atoms with Crippen LogP contribution in [0.4, 0.5) is 5.82 Å². The molecule has 3 aromatic rings. The van der Waals surface area contributed by atoms with Gasteiger partial charge in [0.1, 0.15) is 23.7 Å². The van der Waals surface area contributed by atoms with Crippen molar-refractivity contribution >= 4 is 5.82 Å². The molecule has 1 aliphatic heterocycles. The van der Waals surface area contributed by atoms with Crippen molar-refractivity contribution in [2.75, 3.05) is 18.0 Å². The lowest BCUT2D eigenvalue weighted by molar-refractivity contribution is 0.713. The van der Waals surface area contributed by atoms with Crippen molar-refractivity contribution in [2.45, 2.75) is 19.3 Å². The fraction of sp³-hybridized carbons (Fsp3) is 0.312. The maximum Gasteiger partial charge on any atom is 0.180 e. The van der Waals surface area contributed by atoms with Gasteiger partial charge in [-0.05, 0) is 25.5 Å². The molecule has 0 bridgehead atoms. The van der Waals surface area contributed by atoms with E-state index in [0.29, 0.717) is 11.7 Å². The minimum Gasteiger partial charge on any atom is -0.356 e. The molecule has 4 rings (SSSR count). The Morgan fingerprint density at radius 1 is 1.22 bits per heavy atom. The maximum atomic E-state index is 4.71. The molecule has 1 atom stereocenters. The SMILES string of the molecule is Cc1cc(N2CCC(c3ncn[nH]3)C2)nc(-c2ccccn2)n1. The van der Waals surface area contributed by atoms with Gasteiger partial charge in [-0.1, -0.05) is 6.07 Å². The molecule has 0 aromatic carbocycles. The van der Waals surface area contributed by atoms with Crippen molar-refractivity contribution in [3.05, 3.63) is 48.3 Å². The van der Waals surface area contributed by atoms with Crippen molar-refractivity contribution < 1.29 is 0 Å². The molecule has 1 saturated heterocycles. The van der Waals surface area contributed by atoms with Gasteiger partial charge in [-0.3, -0.25) is 10.1 Å². The van der Waals surface area contributed by atoms with Gasteiger partial charge in [0.2, 0.25) is 0 Å². The predicted octanol–water partition coefficient (Wildman–Crippen LogP) is 1.96. The molecule has 0 saturated carbocycles. The normalized spacial score (nSPS) is 17.6. The van der Waals surface area contributed by atoms with Crippen molar-refractivity contribution in [2.24, 2.45) is 0 Å². The van der Waals surface area contributed by atoms with Gasteiger partial charge in [0.05, 0.1) is 0 Å². The average molecular weight is 307 g/mol. The Labute approximate surface area is 133 Å². The van der Waals surface area contributed by atoms with Crippen molar-refractivity contribution in [3.63, 3.8) is 0 Å². The second kappa shape index (κ2) is 5.75. The van der Waals surface area contributed by atoms with E-state index >= 15 is 0 Å². The van der Waals surface area contributed by atoms with Crippen LogP contribution in [0.5, 0.6) is 0 Å². The van der Waals surface area contributed by atoms with Crippen molar-refractivity contribution in [1.82, 2.24) is 30.1 Å². The molecule has 1 aliphatic rings. The van der Waals surface area contributed by atoms with Gasteiger partial charge in [-0.15, -0.1) is 0 Å². The molecular formula is C16H17N7. The van der Waals surface area contributed by atoms with E-state index in [1.165, 1.54) is 0 Å². The first-order valence-electron chi connectivity index (χ1n) is 7.67. The second-order valence-corrected chi connectivity index (χ2v) is 5.71. The molecule has 1 N–H and O–H groups in total. The summed E-state index contributed by atoms with van der Waals surface area (Å²) < 4.78 is 0. The zero-order chi connectivity index (χ0) is 15.6. The van der Waals surface area contributed by atoms with E-state index in [-0.39, 0.29) is 0 Å². The maximum absolute atomic E-state index is 4.71. The van der Waals surface area contributed by atoms with E-state index in [4.69, 9.17) is 4.98 Å². The van der Waals surface area contributed by atoms with Gasteiger partial charge >= 0.3 is 0 Å². The Morgan fingerprint density at radius 2 is 2.17 bits per heavy atom. The van der Waals surface area contributed by atoms with E-state index in [9.17, 15) is 0 Å². The molecule has 0 aliphatic carbocycles. The fourth-order valence-corrected chi connectivity index (χ4v) is 2.93. The topological polar surface area (TPSA) is 83.5 Å². The second-order valence-electron chi connectivity index (χ2n) is 5.71. The van der Waals surface area contributed by atoms with E-state index < -0.39 is 0 Å². The first-order valence-corrected chi connectivity index (χ1v) is 7.67. The van der Waals surface area contributed by atoms with Crippen LogP contribution in [0.1, 0.15) is 23.9 Å². The van der Waals surface area contributed by atoms with Crippen molar-refractivity contribution in [1.29, 1.82) is 0 Å². The molecule has 0 amide bonds. The van der Waals surface area contributed by atoms with Gasteiger partial charge in [-0.25, -0.2) is 15.0 Å². The molecule has 23 heavy (non-hydrogen) atoms. The summed E-state index contributed by atoms with van der Waals surface area (Å²) in [6, 6.07) is 7.79. The van der Waals surface area contributed by atoms with Crippen LogP contribution in [0.15, 0.2) is 36.8 Å². The van der Waals surface area contributed by atoms with Crippen LogP contribution in [0.3, 0.4) is 0 Å². The zero-order valence-corrected chi connectivity index (χ0v) is 12.8. The smallest absolute Gasteiger partial charge is 0.180 e. The van der Waals surface area contributed by atoms with Gasteiger partial charge in [-0.2, -0.15) is 5.10 Å². The number of H-pyrrole nitrogens is 1. The van der Waals surface area contributed by atoms with E-state index in [1.807, 2.05) is 31.2 Å². The molecule has 3 aromatic heterocycles. The minimum atomic E-state index is 0.367. The van der Waals surface area contributed by atoms with E-state index in [0.717, 1.165) is 42.5 Å². The number of anilines is 1. The summed E-state index contributed by atoms with van der Waals surface area (Å²) in [7, 11) is 0. The molecule has 1 unspecified atom stereocenters. The molecule has 4 heterocycles. The number of nitrogens with one attached hydrogen (secondary N) is 1. The summed E-state index contributed by atoms with van der Waals surface area (Å²) in [6.07, 6.45) is 4.36. The molecule has 1 fully saturated rings. The number of aromatic nitrogens is 6. The average Bonchev–Trinajstić information content (AvgIpc) is 3.26. The Morgan fingerprint density at radius 3 is 2.96 bits per heavy atom. The third-order valence-electron chi connectivity index (χ3n) is 4.07. The monoisotopic (exact) mass is 307 g/mol. The van der Waals surface area contributed by atoms with Gasteiger partial charge < -0.3 is 4.90 Å². The fourth-order valence-electron chi connectivity index (χ4n) is 2.93. The highest BCUT2D eigenvalue weighted by molar-refractivity contribution is 5.54. The highest BCUT2D eigenvalue weighted by atomic mass is 15.2. The number of aromatic amines is 1. The van der Waals surface area contributed by atoms with Crippen LogP contribution in [0.2, 0.25) is 0 Å². The summed E-state index contributed by atoms with van der Waals surface area (Å²) in [6.45, 7) is 3.82. The highest BCUT2D eigenvalue weighted by Crippen LogP contribution is 2.28. The van der Waals surface area contributed by atoms with Gasteiger partial charge in [0.25, 0.3) is 0 Å². The lowest BCUT2D eigenvalue weighted by Crippen LogP contribution is -2.21. The largest absolute Gasteiger partial charge is 0.356 e. The van der Waals surface area contributed by atoms with Gasteiger partial charge in [0.15, 0.2) is 5.82 Å². The quantitative estimate of drug-likeness (QED) is 0.796. The summed E-state index contributed by atoms with van der Waals surface area (Å²) >= 11 is 0. The number of hydrogen-bond donors (Lipinski definition) is 1. The molecular weight excluding hydrogens is 290 g/mol. The molecule has 0 radical (unpaired) electrons. The molecule has 116 valence electrons. The number of nitrogens with zero attached hydrogens (tertiary/aromatic N) is 6. The summed E-state index contributed by atoms with van der Waals surface area (Å²) in [5, 5.41) is 6.91. The third-order valence-corrected chi connectivity index (χ3v) is 4.07. The van der Waals surface area contributed by atoms with Crippen LogP contribution >= 0.6 is 0 Å². The van der Waals surface area contributed by atoms with Crippen LogP contribution in [-0.4, -0.2) is 43.2 Å². The standard InChI is InChI=1S/C16H17N7/c1-11-8-14(21-16(20-11)13-4-2-3-6-17-13)23-7-5-12(9-23)15-18-10-19-22-15/h2-4,6,8,10,12H,5,7,9H2,1H3,(H,18,19,22). The molecule has 7 nitrogen and oxygen atoms in total. The van der Waals surface area contributed by atoms with E-state index in [2.05, 4.69) is 30.0 Å². The highest BCUT2D eigenvalue weighted by Gasteiger charge is 2.27. The Kier molecular flexibility index (Phi) is 3.45. The Bertz CT molecular complexity index is 785. The van der Waals surface area contributed by atoms with Crippen LogP contribution < -0.4 is 4.90 Å². The molecule has 7 heteroatoms. The van der Waals surface area contributed by atoms with Crippen LogP contribution in [0, 0.1) is 6.92 Å². The number of aryl methyl sites for hydroxylation is 1. The van der Waals surface area contributed by atoms with Crippen LogP contribution in [-0.2, 0) is 0 Å². The number of rotatable bonds is 3. The number of pyridine rings is 1. The van der Waals surface area contributed by atoms with Crippen LogP contribution in [0.25, 0.3) is 11.5 Å². The lowest BCUT2D eigenvalue weighted by atomic mass is 10.1. The zero-order valence-electron chi connectivity index (χ0n) is 12.8. The summed E-state index contributed by atoms with van der Waals surface area (Å²) in [5.41, 5.74) is 1.74. The lowest BCUT2D eigenvalue weighted by Gasteiger charge is -2.18. The first kappa shape index (κ1) is 13.8. The Hall–Kier alpha value is -2.83. The third kappa shape index (κ3) is 2.77. The predicted molar refractivity (Wildman–Crippen MR) is 86.0 cm³/mol. The summed E-state index contributed by atoms with van der Waals surface area (Å²) in [5.74, 6) is 2.93. The van der Waals surface area contributed by atoms with Gasteiger partial charge in [0, 0.05) is 37.0 Å². The van der Waals surface area contributed by atoms with Crippen molar-refractivity contribution in [3.8, 4) is 11.5 Å². The first-order chi connectivity index (χ1) is 11.3. The Balaban J connectivity index is 1.61.